The predicted molar refractivity (Wildman–Crippen MR) is 118 cm³/mol. The molecular formula is C23H23NO9. The summed E-state index contributed by atoms with van der Waals surface area (Å²) in [6, 6.07) is 9.60. The number of esters is 1. The third-order valence-electron chi connectivity index (χ3n) is 4.84. The van der Waals surface area contributed by atoms with Crippen LogP contribution >= 0.6 is 0 Å². The fourth-order valence-corrected chi connectivity index (χ4v) is 3.35. The second-order valence-electron chi connectivity index (χ2n) is 6.83. The monoisotopic (exact) mass is 457 g/mol. The molecule has 2 aromatic carbocycles. The molecule has 174 valence electrons. The number of carbonyl (C=O) groups is 1. The smallest absolute Gasteiger partial charge is 0.305 e. The Bertz CT molecular complexity index is 1090. The number of rotatable bonds is 8. The minimum atomic E-state index is -1.36. The van der Waals surface area contributed by atoms with Crippen LogP contribution in [0.3, 0.4) is 0 Å². The molecule has 0 aliphatic carbocycles. The van der Waals surface area contributed by atoms with E-state index in [0.29, 0.717) is 34.1 Å². The molecular weight excluding hydrogens is 434 g/mol. The Hall–Kier alpha value is -4.21. The van der Waals surface area contributed by atoms with Crippen LogP contribution in [0.2, 0.25) is 0 Å². The van der Waals surface area contributed by atoms with E-state index in [9.17, 15) is 14.9 Å². The Labute approximate surface area is 190 Å². The molecule has 0 radical (unpaired) electrons. The van der Waals surface area contributed by atoms with Gasteiger partial charge in [0.2, 0.25) is 0 Å². The summed E-state index contributed by atoms with van der Waals surface area (Å²) in [5.74, 6) is 0.967. The average molecular weight is 457 g/mol. The number of carbonyl (C=O) groups excluding carboxylic acids is 1. The highest BCUT2D eigenvalue weighted by atomic mass is 16.7. The Morgan fingerprint density at radius 3 is 1.70 bits per heavy atom. The maximum Gasteiger partial charge on any atom is 0.305 e. The zero-order valence-electron chi connectivity index (χ0n) is 18.7. The first-order chi connectivity index (χ1) is 15.8. The highest BCUT2D eigenvalue weighted by molar-refractivity contribution is 5.90. The van der Waals surface area contributed by atoms with Gasteiger partial charge >= 0.3 is 5.97 Å². The number of ether oxygens (including phenoxy) is 6. The van der Waals surface area contributed by atoms with Crippen LogP contribution in [0.4, 0.5) is 0 Å². The summed E-state index contributed by atoms with van der Waals surface area (Å²) < 4.78 is 32.1. The molecule has 0 saturated heterocycles. The Morgan fingerprint density at radius 1 is 0.848 bits per heavy atom. The first kappa shape index (κ1) is 23.5. The SMILES string of the molecule is COc1cc(OC)cc(C2=COC(OC(C)=O)C(c3cc(OC)cc(OC)c3)=C2[N+](=O)[O-])c1. The molecule has 0 N–H and O–H groups in total. The van der Waals surface area contributed by atoms with E-state index in [0.717, 1.165) is 0 Å². The molecule has 1 atom stereocenters. The zero-order valence-corrected chi connectivity index (χ0v) is 18.7. The van der Waals surface area contributed by atoms with Crippen LogP contribution in [0, 0.1) is 10.1 Å². The third-order valence-corrected chi connectivity index (χ3v) is 4.84. The largest absolute Gasteiger partial charge is 0.497 e. The van der Waals surface area contributed by atoms with E-state index in [2.05, 4.69) is 0 Å². The van der Waals surface area contributed by atoms with Crippen molar-refractivity contribution in [1.82, 2.24) is 0 Å². The molecule has 1 aliphatic rings. The van der Waals surface area contributed by atoms with Gasteiger partial charge in [0.15, 0.2) is 0 Å². The topological polar surface area (TPSA) is 116 Å². The fraction of sp³-hybridized carbons (Fsp3) is 0.261. The van der Waals surface area contributed by atoms with E-state index in [-0.39, 0.29) is 16.8 Å². The summed E-state index contributed by atoms with van der Waals surface area (Å²) in [6.07, 6.45) is -0.183. The minimum Gasteiger partial charge on any atom is -0.497 e. The van der Waals surface area contributed by atoms with Gasteiger partial charge in [-0.25, -0.2) is 0 Å². The van der Waals surface area contributed by atoms with E-state index in [4.69, 9.17) is 28.4 Å². The first-order valence-corrected chi connectivity index (χ1v) is 9.70. The second-order valence-corrected chi connectivity index (χ2v) is 6.83. The van der Waals surface area contributed by atoms with Gasteiger partial charge in [0, 0.05) is 19.1 Å². The number of allylic oxidation sites excluding steroid dienone is 1. The Kier molecular flexibility index (Phi) is 7.07. The van der Waals surface area contributed by atoms with E-state index in [1.807, 2.05) is 0 Å². The normalized spacial score (nSPS) is 15.2. The van der Waals surface area contributed by atoms with Gasteiger partial charge in [0.1, 0.15) is 34.8 Å². The number of nitro groups is 1. The van der Waals surface area contributed by atoms with Crippen molar-refractivity contribution in [3.05, 3.63) is 69.6 Å². The summed E-state index contributed by atoms with van der Waals surface area (Å²) in [4.78, 5) is 23.5. The molecule has 0 bridgehead atoms. The van der Waals surface area contributed by atoms with Crippen molar-refractivity contribution < 1.29 is 38.1 Å². The molecule has 0 spiro atoms. The third kappa shape index (κ3) is 5.00. The molecule has 1 heterocycles. The van der Waals surface area contributed by atoms with Crippen molar-refractivity contribution in [3.8, 4) is 23.0 Å². The molecule has 0 fully saturated rings. The lowest BCUT2D eigenvalue weighted by Gasteiger charge is -2.25. The number of hydrogen-bond donors (Lipinski definition) is 0. The molecule has 33 heavy (non-hydrogen) atoms. The van der Waals surface area contributed by atoms with Crippen LogP contribution < -0.4 is 18.9 Å². The van der Waals surface area contributed by atoms with Crippen molar-refractivity contribution in [3.63, 3.8) is 0 Å². The Morgan fingerprint density at radius 2 is 1.30 bits per heavy atom. The number of benzene rings is 2. The molecule has 0 aromatic heterocycles. The van der Waals surface area contributed by atoms with Crippen molar-refractivity contribution in [2.24, 2.45) is 0 Å². The Balaban J connectivity index is 2.31. The van der Waals surface area contributed by atoms with Crippen LogP contribution in [0.5, 0.6) is 23.0 Å². The molecule has 1 unspecified atom stereocenters. The van der Waals surface area contributed by atoms with E-state index >= 15 is 0 Å². The number of methoxy groups -OCH3 is 4. The summed E-state index contributed by atoms with van der Waals surface area (Å²) >= 11 is 0. The van der Waals surface area contributed by atoms with Gasteiger partial charge < -0.3 is 28.4 Å². The summed E-state index contributed by atoms with van der Waals surface area (Å²) in [6.45, 7) is 1.19. The number of nitrogens with zero attached hydrogens (tertiary/aromatic N) is 1. The maximum absolute atomic E-state index is 12.4. The van der Waals surface area contributed by atoms with Gasteiger partial charge in [-0.2, -0.15) is 0 Å². The van der Waals surface area contributed by atoms with E-state index in [1.54, 1.807) is 36.4 Å². The van der Waals surface area contributed by atoms with Crippen molar-refractivity contribution >= 4 is 17.1 Å². The second kappa shape index (κ2) is 9.94. The van der Waals surface area contributed by atoms with Gasteiger partial charge in [-0.05, 0) is 35.4 Å². The summed E-state index contributed by atoms with van der Waals surface area (Å²) in [5.41, 5.74) is 0.568. The van der Waals surface area contributed by atoms with Crippen LogP contribution in [0.15, 0.2) is 48.4 Å². The molecule has 0 saturated carbocycles. The molecule has 10 heteroatoms. The van der Waals surface area contributed by atoms with Crippen molar-refractivity contribution in [2.75, 3.05) is 28.4 Å². The predicted octanol–water partition coefficient (Wildman–Crippen LogP) is 3.67. The maximum atomic E-state index is 12.4. The van der Waals surface area contributed by atoms with Crippen LogP contribution in [0.25, 0.3) is 11.1 Å². The van der Waals surface area contributed by atoms with Crippen molar-refractivity contribution in [1.29, 1.82) is 0 Å². The lowest BCUT2D eigenvalue weighted by Crippen LogP contribution is -2.26. The van der Waals surface area contributed by atoms with Crippen LogP contribution in [-0.2, 0) is 14.3 Å². The van der Waals surface area contributed by atoms with Crippen LogP contribution in [0.1, 0.15) is 18.1 Å². The standard InChI is InChI=1S/C23H23NO9/c1-13(25)33-23-21(15-8-18(30-4)11-19(9-15)31-5)22(24(26)27)20(12-32-23)14-6-16(28-2)10-17(7-14)29-3/h6-12,23H,1-5H3. The highest BCUT2D eigenvalue weighted by Crippen LogP contribution is 2.41. The van der Waals surface area contributed by atoms with Gasteiger partial charge in [-0.3, -0.25) is 14.9 Å². The van der Waals surface area contributed by atoms with Crippen LogP contribution in [-0.4, -0.2) is 45.6 Å². The lowest BCUT2D eigenvalue weighted by atomic mass is 9.93. The van der Waals surface area contributed by atoms with Crippen molar-refractivity contribution in [2.45, 2.75) is 13.2 Å². The average Bonchev–Trinajstić information content (AvgIpc) is 2.82. The van der Waals surface area contributed by atoms with Gasteiger partial charge in [0.25, 0.3) is 12.0 Å². The highest BCUT2D eigenvalue weighted by Gasteiger charge is 2.38. The van der Waals surface area contributed by atoms with E-state index < -0.39 is 17.2 Å². The van der Waals surface area contributed by atoms with Gasteiger partial charge in [0.05, 0.1) is 38.9 Å². The number of hydrogen-bond acceptors (Lipinski definition) is 9. The molecule has 3 rings (SSSR count). The molecule has 0 amide bonds. The lowest BCUT2D eigenvalue weighted by molar-refractivity contribution is -0.417. The molecule has 10 nitrogen and oxygen atoms in total. The fourth-order valence-electron chi connectivity index (χ4n) is 3.35. The minimum absolute atomic E-state index is 0.0201. The molecule has 2 aromatic rings. The quantitative estimate of drug-likeness (QED) is 0.333. The van der Waals surface area contributed by atoms with Gasteiger partial charge in [-0.1, -0.05) is 0 Å². The summed E-state index contributed by atoms with van der Waals surface area (Å²) in [5, 5.41) is 12.4. The molecule has 1 aliphatic heterocycles. The first-order valence-electron chi connectivity index (χ1n) is 9.70. The summed E-state index contributed by atoms with van der Waals surface area (Å²) in [7, 11) is 5.85. The van der Waals surface area contributed by atoms with E-state index in [1.165, 1.54) is 41.6 Å². The zero-order chi connectivity index (χ0) is 24.1. The van der Waals surface area contributed by atoms with Gasteiger partial charge in [-0.15, -0.1) is 0 Å².